The summed E-state index contributed by atoms with van der Waals surface area (Å²) in [5, 5.41) is 2.80. The van der Waals surface area contributed by atoms with Crippen molar-refractivity contribution in [3.05, 3.63) is 54.1 Å². The van der Waals surface area contributed by atoms with Crippen molar-refractivity contribution in [1.82, 2.24) is 9.62 Å². The lowest BCUT2D eigenvalue weighted by Gasteiger charge is -2.23. The van der Waals surface area contributed by atoms with Gasteiger partial charge in [-0.25, -0.2) is 8.42 Å². The standard InChI is InChI=1S/C23H30N2O6S/c1-29-21-11-10-20(15-22(21)30-2)32(27,28)25(13-12-18-7-4-3-5-8-18)17-23(26)24-16-19-9-6-14-31-19/h3-5,7-8,10-11,15,19H,6,9,12-14,16-17H2,1-2H3,(H,24,26)/t19-/m1/s1. The number of nitrogens with zero attached hydrogens (tertiary/aromatic N) is 1. The molecule has 0 aromatic heterocycles. The minimum Gasteiger partial charge on any atom is -0.493 e. The fourth-order valence-electron chi connectivity index (χ4n) is 3.56. The van der Waals surface area contributed by atoms with Gasteiger partial charge in [0.1, 0.15) is 0 Å². The van der Waals surface area contributed by atoms with E-state index in [0.717, 1.165) is 18.4 Å². The van der Waals surface area contributed by atoms with E-state index >= 15 is 0 Å². The molecule has 0 spiro atoms. The Hall–Kier alpha value is -2.62. The minimum atomic E-state index is -3.96. The van der Waals surface area contributed by atoms with Crippen LogP contribution in [-0.4, -0.2) is 65.2 Å². The van der Waals surface area contributed by atoms with Crippen molar-refractivity contribution in [2.75, 3.05) is 40.5 Å². The number of methoxy groups -OCH3 is 2. The Kier molecular flexibility index (Phi) is 8.49. The number of hydrogen-bond acceptors (Lipinski definition) is 6. The highest BCUT2D eigenvalue weighted by Gasteiger charge is 2.28. The van der Waals surface area contributed by atoms with E-state index in [4.69, 9.17) is 14.2 Å². The van der Waals surface area contributed by atoms with Gasteiger partial charge in [0, 0.05) is 25.8 Å². The van der Waals surface area contributed by atoms with Crippen molar-refractivity contribution < 1.29 is 27.4 Å². The maximum atomic E-state index is 13.4. The zero-order valence-electron chi connectivity index (χ0n) is 18.5. The molecule has 0 saturated carbocycles. The number of benzene rings is 2. The summed E-state index contributed by atoms with van der Waals surface area (Å²) >= 11 is 0. The SMILES string of the molecule is COc1ccc(S(=O)(=O)N(CCc2ccccc2)CC(=O)NC[C@H]2CCCO2)cc1OC. The molecule has 1 atom stereocenters. The van der Waals surface area contributed by atoms with E-state index in [0.29, 0.717) is 31.1 Å². The molecule has 1 fully saturated rings. The van der Waals surface area contributed by atoms with Gasteiger partial charge >= 0.3 is 0 Å². The van der Waals surface area contributed by atoms with Gasteiger partial charge in [0.05, 0.1) is 31.8 Å². The molecule has 2 aromatic rings. The number of sulfonamides is 1. The Balaban J connectivity index is 1.78. The Labute approximate surface area is 189 Å². The third kappa shape index (κ3) is 6.21. The number of ether oxygens (including phenoxy) is 3. The summed E-state index contributed by atoms with van der Waals surface area (Å²) in [5.74, 6) is 0.369. The third-order valence-electron chi connectivity index (χ3n) is 5.36. The van der Waals surface area contributed by atoms with E-state index in [2.05, 4.69) is 5.32 Å². The van der Waals surface area contributed by atoms with Crippen molar-refractivity contribution in [1.29, 1.82) is 0 Å². The molecule has 9 heteroatoms. The number of amides is 1. The molecule has 8 nitrogen and oxygen atoms in total. The predicted octanol–water partition coefficient (Wildman–Crippen LogP) is 2.23. The first kappa shape index (κ1) is 24.0. The van der Waals surface area contributed by atoms with Gasteiger partial charge in [-0.1, -0.05) is 30.3 Å². The van der Waals surface area contributed by atoms with Crippen LogP contribution in [0.3, 0.4) is 0 Å². The Morgan fingerprint density at radius 1 is 1.12 bits per heavy atom. The van der Waals surface area contributed by atoms with Gasteiger partial charge in [-0.3, -0.25) is 4.79 Å². The Morgan fingerprint density at radius 2 is 1.88 bits per heavy atom. The maximum absolute atomic E-state index is 13.4. The van der Waals surface area contributed by atoms with Crippen molar-refractivity contribution in [3.63, 3.8) is 0 Å². The molecule has 3 rings (SSSR count). The van der Waals surface area contributed by atoms with Gasteiger partial charge in [-0.2, -0.15) is 4.31 Å². The molecule has 1 N–H and O–H groups in total. The normalized spacial score (nSPS) is 16.2. The van der Waals surface area contributed by atoms with Gasteiger partial charge < -0.3 is 19.5 Å². The van der Waals surface area contributed by atoms with Gasteiger partial charge in [-0.05, 0) is 37.0 Å². The molecule has 32 heavy (non-hydrogen) atoms. The number of nitrogens with one attached hydrogen (secondary N) is 1. The van der Waals surface area contributed by atoms with Crippen LogP contribution in [0.1, 0.15) is 18.4 Å². The zero-order chi connectivity index (χ0) is 23.0. The number of rotatable bonds is 11. The average Bonchev–Trinajstić information content (AvgIpc) is 3.34. The summed E-state index contributed by atoms with van der Waals surface area (Å²) in [7, 11) is -1.03. The van der Waals surface area contributed by atoms with Gasteiger partial charge in [0.25, 0.3) is 0 Å². The van der Waals surface area contributed by atoms with Crippen LogP contribution in [0.2, 0.25) is 0 Å². The summed E-state index contributed by atoms with van der Waals surface area (Å²) in [6.45, 7) is 0.948. The summed E-state index contributed by atoms with van der Waals surface area (Å²) in [4.78, 5) is 12.6. The first-order valence-electron chi connectivity index (χ1n) is 10.6. The highest BCUT2D eigenvalue weighted by atomic mass is 32.2. The summed E-state index contributed by atoms with van der Waals surface area (Å²) in [6, 6.07) is 14.0. The fourth-order valence-corrected chi connectivity index (χ4v) is 4.97. The van der Waals surface area contributed by atoms with E-state index in [-0.39, 0.29) is 30.0 Å². The van der Waals surface area contributed by atoms with Crippen molar-refractivity contribution in [2.24, 2.45) is 0 Å². The van der Waals surface area contributed by atoms with Crippen LogP contribution in [0.5, 0.6) is 11.5 Å². The number of hydrogen-bond donors (Lipinski definition) is 1. The Bertz CT molecular complexity index is 991. The van der Waals surface area contributed by atoms with E-state index in [1.807, 2.05) is 30.3 Å². The average molecular weight is 463 g/mol. The first-order chi connectivity index (χ1) is 15.4. The predicted molar refractivity (Wildman–Crippen MR) is 120 cm³/mol. The Morgan fingerprint density at radius 3 is 2.53 bits per heavy atom. The van der Waals surface area contributed by atoms with E-state index in [9.17, 15) is 13.2 Å². The molecule has 1 amide bonds. The van der Waals surface area contributed by atoms with E-state index in [1.165, 1.54) is 30.7 Å². The minimum absolute atomic E-state index is 0.0147. The lowest BCUT2D eigenvalue weighted by atomic mass is 10.1. The van der Waals surface area contributed by atoms with Crippen LogP contribution in [0, 0.1) is 0 Å². The summed E-state index contributed by atoms with van der Waals surface area (Å²) in [5.41, 5.74) is 0.986. The zero-order valence-corrected chi connectivity index (χ0v) is 19.3. The van der Waals surface area contributed by atoms with Crippen LogP contribution in [0.25, 0.3) is 0 Å². The topological polar surface area (TPSA) is 94.2 Å². The van der Waals surface area contributed by atoms with Crippen molar-refractivity contribution >= 4 is 15.9 Å². The third-order valence-corrected chi connectivity index (χ3v) is 7.20. The lowest BCUT2D eigenvalue weighted by molar-refractivity contribution is -0.121. The van der Waals surface area contributed by atoms with Crippen LogP contribution in [0.4, 0.5) is 0 Å². The number of carbonyl (C=O) groups excluding carboxylic acids is 1. The molecule has 1 saturated heterocycles. The van der Waals surface area contributed by atoms with E-state index in [1.54, 1.807) is 6.07 Å². The molecular weight excluding hydrogens is 432 g/mol. The van der Waals surface area contributed by atoms with Crippen molar-refractivity contribution in [3.8, 4) is 11.5 Å². The summed E-state index contributed by atoms with van der Waals surface area (Å²) < 4.78 is 44.1. The highest BCUT2D eigenvalue weighted by Crippen LogP contribution is 2.30. The quantitative estimate of drug-likeness (QED) is 0.550. The second-order valence-electron chi connectivity index (χ2n) is 7.53. The highest BCUT2D eigenvalue weighted by molar-refractivity contribution is 7.89. The molecule has 0 radical (unpaired) electrons. The molecule has 174 valence electrons. The van der Waals surface area contributed by atoms with Gasteiger partial charge in [0.2, 0.25) is 15.9 Å². The maximum Gasteiger partial charge on any atom is 0.243 e. The molecule has 1 aliphatic rings. The van der Waals surface area contributed by atoms with Gasteiger partial charge in [-0.15, -0.1) is 0 Å². The van der Waals surface area contributed by atoms with Crippen LogP contribution in [0.15, 0.2) is 53.4 Å². The van der Waals surface area contributed by atoms with Crippen LogP contribution >= 0.6 is 0 Å². The molecule has 0 bridgehead atoms. The second-order valence-corrected chi connectivity index (χ2v) is 9.47. The molecule has 2 aromatic carbocycles. The molecule has 1 heterocycles. The van der Waals surface area contributed by atoms with Crippen LogP contribution in [-0.2, 0) is 26.0 Å². The van der Waals surface area contributed by atoms with E-state index < -0.39 is 10.0 Å². The van der Waals surface area contributed by atoms with Gasteiger partial charge in [0.15, 0.2) is 11.5 Å². The molecule has 0 aliphatic carbocycles. The largest absolute Gasteiger partial charge is 0.493 e. The van der Waals surface area contributed by atoms with Crippen molar-refractivity contribution in [2.45, 2.75) is 30.3 Å². The molecule has 0 unspecified atom stereocenters. The molecular formula is C23H30N2O6S. The summed E-state index contributed by atoms with van der Waals surface area (Å²) in [6.07, 6.45) is 2.32. The lowest BCUT2D eigenvalue weighted by Crippen LogP contribution is -2.43. The first-order valence-corrected chi connectivity index (χ1v) is 12.0. The number of carbonyl (C=O) groups is 1. The van der Waals surface area contributed by atoms with Crippen LogP contribution < -0.4 is 14.8 Å². The molecule has 1 aliphatic heterocycles. The fraction of sp³-hybridized carbons (Fsp3) is 0.435. The second kappa shape index (κ2) is 11.3. The monoisotopic (exact) mass is 462 g/mol. The smallest absolute Gasteiger partial charge is 0.243 e.